The molecule has 0 bridgehead atoms. The zero-order valence-electron chi connectivity index (χ0n) is 9.98. The monoisotopic (exact) mass is 241 g/mol. The van der Waals surface area contributed by atoms with Crippen molar-refractivity contribution in [1.82, 2.24) is 5.32 Å². The van der Waals surface area contributed by atoms with Gasteiger partial charge in [0.05, 0.1) is 18.7 Å². The molecule has 0 aliphatic rings. The first kappa shape index (κ1) is 13.0. The van der Waals surface area contributed by atoms with E-state index in [1.54, 1.807) is 20.2 Å². The second kappa shape index (κ2) is 5.32. The highest BCUT2D eigenvalue weighted by Crippen LogP contribution is 2.32. The molecule has 0 saturated carbocycles. The Kier molecular flexibility index (Phi) is 4.33. The minimum Gasteiger partial charge on any atom is -0.495 e. The lowest BCUT2D eigenvalue weighted by Gasteiger charge is -2.13. The third kappa shape index (κ3) is 2.36. The Bertz CT molecular complexity index is 416. The number of hydrogen-bond donors (Lipinski definition) is 1. The fraction of sp³-hybridized carbons (Fsp3) is 0.417. The summed E-state index contributed by atoms with van der Waals surface area (Å²) in [6.07, 6.45) is 0. The Labute approximate surface area is 101 Å². The van der Waals surface area contributed by atoms with Crippen molar-refractivity contribution in [2.24, 2.45) is 0 Å². The molecule has 4 heteroatoms. The Morgan fingerprint density at radius 1 is 1.50 bits per heavy atom. The molecule has 0 radical (unpaired) electrons. The molecule has 0 spiro atoms. The lowest BCUT2D eigenvalue weighted by Crippen LogP contribution is -2.20. The van der Waals surface area contributed by atoms with E-state index < -0.39 is 0 Å². The second-order valence-electron chi connectivity index (χ2n) is 3.66. The summed E-state index contributed by atoms with van der Waals surface area (Å²) in [6.45, 7) is 4.03. The van der Waals surface area contributed by atoms with Gasteiger partial charge in [0, 0.05) is 5.56 Å². The van der Waals surface area contributed by atoms with Gasteiger partial charge < -0.3 is 10.1 Å². The van der Waals surface area contributed by atoms with Gasteiger partial charge >= 0.3 is 0 Å². The number of Topliss-reactive ketones (excluding diaryl/α,β-unsaturated/α-hetero) is 1. The maximum absolute atomic E-state index is 11.9. The predicted octanol–water partition coefficient (Wildman–Crippen LogP) is 2.37. The molecule has 1 aromatic rings. The highest BCUT2D eigenvalue weighted by atomic mass is 35.5. The fourth-order valence-electron chi connectivity index (χ4n) is 1.75. The molecular formula is C12H16ClNO2. The molecular weight excluding hydrogens is 226 g/mol. The summed E-state index contributed by atoms with van der Waals surface area (Å²) >= 11 is 6.12. The smallest absolute Gasteiger partial charge is 0.177 e. The zero-order chi connectivity index (χ0) is 12.3. The van der Waals surface area contributed by atoms with Gasteiger partial charge in [0.2, 0.25) is 0 Å². The average Bonchev–Trinajstić information content (AvgIpc) is 2.24. The van der Waals surface area contributed by atoms with Gasteiger partial charge in [-0.1, -0.05) is 11.6 Å². The van der Waals surface area contributed by atoms with Gasteiger partial charge in [0.15, 0.2) is 5.78 Å². The summed E-state index contributed by atoms with van der Waals surface area (Å²) in [5.74, 6) is 0.653. The van der Waals surface area contributed by atoms with Crippen LogP contribution in [0.4, 0.5) is 0 Å². The van der Waals surface area contributed by atoms with E-state index in [9.17, 15) is 4.79 Å². The van der Waals surface area contributed by atoms with Gasteiger partial charge in [-0.15, -0.1) is 0 Å². The first-order valence-electron chi connectivity index (χ1n) is 5.04. The molecule has 0 atom stereocenters. The normalized spacial score (nSPS) is 10.3. The van der Waals surface area contributed by atoms with Crippen molar-refractivity contribution in [3.05, 3.63) is 27.8 Å². The molecule has 0 aliphatic carbocycles. The van der Waals surface area contributed by atoms with Crippen LogP contribution in [0.3, 0.4) is 0 Å². The van der Waals surface area contributed by atoms with Crippen LogP contribution >= 0.6 is 11.6 Å². The van der Waals surface area contributed by atoms with Crippen LogP contribution < -0.4 is 10.1 Å². The van der Waals surface area contributed by atoms with Crippen molar-refractivity contribution in [2.75, 3.05) is 20.7 Å². The Balaban J connectivity index is 3.30. The molecule has 0 fully saturated rings. The fourth-order valence-corrected chi connectivity index (χ4v) is 1.98. The predicted molar refractivity (Wildman–Crippen MR) is 65.7 cm³/mol. The lowest BCUT2D eigenvalue weighted by atomic mass is 9.98. The highest BCUT2D eigenvalue weighted by Gasteiger charge is 2.17. The molecule has 1 aromatic carbocycles. The standard InChI is InChI=1S/C12H16ClNO2/c1-7-5-10(16-4)12(13)8(2)11(7)9(15)6-14-3/h5,14H,6H2,1-4H3. The van der Waals surface area contributed by atoms with Crippen LogP contribution in [0, 0.1) is 13.8 Å². The van der Waals surface area contributed by atoms with Gasteiger partial charge in [0.1, 0.15) is 5.75 Å². The third-order valence-corrected chi connectivity index (χ3v) is 2.97. The largest absolute Gasteiger partial charge is 0.495 e. The first-order valence-corrected chi connectivity index (χ1v) is 5.42. The number of carbonyl (C=O) groups is 1. The summed E-state index contributed by atoms with van der Waals surface area (Å²) < 4.78 is 5.14. The first-order chi connectivity index (χ1) is 7.52. The number of carbonyl (C=O) groups excluding carboxylic acids is 1. The molecule has 0 aromatic heterocycles. The summed E-state index contributed by atoms with van der Waals surface area (Å²) in [5, 5.41) is 3.35. The number of aryl methyl sites for hydroxylation is 1. The van der Waals surface area contributed by atoms with Crippen molar-refractivity contribution >= 4 is 17.4 Å². The quantitative estimate of drug-likeness (QED) is 0.823. The lowest BCUT2D eigenvalue weighted by molar-refractivity contribution is 0.0992. The van der Waals surface area contributed by atoms with Gasteiger partial charge in [-0.3, -0.25) is 4.79 Å². The van der Waals surface area contributed by atoms with Gasteiger partial charge in [-0.25, -0.2) is 0 Å². The Morgan fingerprint density at radius 3 is 2.62 bits per heavy atom. The number of ether oxygens (including phenoxy) is 1. The van der Waals surface area contributed by atoms with Crippen molar-refractivity contribution < 1.29 is 9.53 Å². The Morgan fingerprint density at radius 2 is 2.12 bits per heavy atom. The molecule has 88 valence electrons. The van der Waals surface area contributed by atoms with E-state index in [1.165, 1.54) is 0 Å². The van der Waals surface area contributed by atoms with E-state index in [0.717, 1.165) is 11.1 Å². The van der Waals surface area contributed by atoms with Crippen molar-refractivity contribution in [3.8, 4) is 5.75 Å². The number of ketones is 1. The average molecular weight is 242 g/mol. The van der Waals surface area contributed by atoms with Gasteiger partial charge in [-0.05, 0) is 38.1 Å². The summed E-state index contributed by atoms with van der Waals surface area (Å²) in [4.78, 5) is 11.9. The topological polar surface area (TPSA) is 38.3 Å². The van der Waals surface area contributed by atoms with Crippen LogP contribution in [0.5, 0.6) is 5.75 Å². The number of nitrogens with one attached hydrogen (secondary N) is 1. The maximum atomic E-state index is 11.9. The van der Waals surface area contributed by atoms with E-state index >= 15 is 0 Å². The number of rotatable bonds is 4. The summed E-state index contributed by atoms with van der Waals surface area (Å²) in [6, 6.07) is 1.79. The number of halogens is 1. The van der Waals surface area contributed by atoms with Crippen molar-refractivity contribution in [1.29, 1.82) is 0 Å². The minimum absolute atomic E-state index is 0.0436. The molecule has 0 amide bonds. The summed E-state index contributed by atoms with van der Waals surface area (Å²) in [5.41, 5.74) is 2.35. The molecule has 0 unspecified atom stereocenters. The summed E-state index contributed by atoms with van der Waals surface area (Å²) in [7, 11) is 3.31. The van der Waals surface area contributed by atoms with E-state index in [1.807, 2.05) is 13.8 Å². The van der Waals surface area contributed by atoms with Gasteiger partial charge in [-0.2, -0.15) is 0 Å². The van der Waals surface area contributed by atoms with Crippen LogP contribution in [-0.4, -0.2) is 26.5 Å². The van der Waals surface area contributed by atoms with E-state index in [2.05, 4.69) is 5.32 Å². The van der Waals surface area contributed by atoms with Crippen molar-refractivity contribution in [3.63, 3.8) is 0 Å². The zero-order valence-corrected chi connectivity index (χ0v) is 10.7. The number of methoxy groups -OCH3 is 1. The molecule has 3 nitrogen and oxygen atoms in total. The molecule has 1 N–H and O–H groups in total. The van der Waals surface area contributed by atoms with E-state index in [-0.39, 0.29) is 5.78 Å². The molecule has 0 aliphatic heterocycles. The van der Waals surface area contributed by atoms with E-state index in [4.69, 9.17) is 16.3 Å². The number of hydrogen-bond acceptors (Lipinski definition) is 3. The SMILES string of the molecule is CNCC(=O)c1c(C)cc(OC)c(Cl)c1C. The van der Waals surface area contributed by atoms with Crippen molar-refractivity contribution in [2.45, 2.75) is 13.8 Å². The Hall–Kier alpha value is -1.06. The molecule has 0 saturated heterocycles. The maximum Gasteiger partial charge on any atom is 0.177 e. The van der Waals surface area contributed by atoms with E-state index in [0.29, 0.717) is 22.9 Å². The molecule has 16 heavy (non-hydrogen) atoms. The number of benzene rings is 1. The molecule has 0 heterocycles. The van der Waals surface area contributed by atoms with Crippen LogP contribution in [0.25, 0.3) is 0 Å². The third-order valence-electron chi connectivity index (χ3n) is 2.50. The molecule has 1 rings (SSSR count). The second-order valence-corrected chi connectivity index (χ2v) is 4.04. The van der Waals surface area contributed by atoms with Crippen LogP contribution in [0.15, 0.2) is 6.07 Å². The minimum atomic E-state index is 0.0436. The van der Waals surface area contributed by atoms with Crippen LogP contribution in [-0.2, 0) is 0 Å². The van der Waals surface area contributed by atoms with Gasteiger partial charge in [0.25, 0.3) is 0 Å². The van der Waals surface area contributed by atoms with Crippen LogP contribution in [0.2, 0.25) is 5.02 Å². The van der Waals surface area contributed by atoms with Crippen LogP contribution in [0.1, 0.15) is 21.5 Å². The highest BCUT2D eigenvalue weighted by molar-refractivity contribution is 6.33. The number of likely N-dealkylation sites (N-methyl/N-ethyl adjacent to an activating group) is 1.